The van der Waals surface area contributed by atoms with E-state index in [-0.39, 0.29) is 11.9 Å². The Hall–Kier alpha value is -3.49. The minimum atomic E-state index is -0.507. The fourth-order valence-corrected chi connectivity index (χ4v) is 5.09. The van der Waals surface area contributed by atoms with Gasteiger partial charge in [0.15, 0.2) is 5.82 Å². The zero-order chi connectivity index (χ0) is 23.7. The maximum Gasteiger partial charge on any atom is 0.240 e. The number of nitrogens with one attached hydrogen (secondary N) is 2. The number of carbonyl (C=O) groups is 1. The highest BCUT2D eigenvalue weighted by Crippen LogP contribution is 2.39. The van der Waals surface area contributed by atoms with E-state index in [2.05, 4.69) is 20.9 Å². The van der Waals surface area contributed by atoms with Crippen LogP contribution in [-0.2, 0) is 4.79 Å². The molecule has 34 heavy (non-hydrogen) atoms. The van der Waals surface area contributed by atoms with E-state index in [1.807, 2.05) is 78.3 Å². The molecule has 2 heterocycles. The van der Waals surface area contributed by atoms with Crippen LogP contribution >= 0.6 is 23.4 Å². The van der Waals surface area contributed by atoms with Crippen LogP contribution < -0.4 is 15.5 Å². The molecule has 5 rings (SSSR count). The molecule has 0 radical (unpaired) electrons. The van der Waals surface area contributed by atoms with Gasteiger partial charge in [0.25, 0.3) is 0 Å². The third-order valence-electron chi connectivity index (χ3n) is 5.73. The van der Waals surface area contributed by atoms with E-state index in [9.17, 15) is 4.79 Å². The summed E-state index contributed by atoms with van der Waals surface area (Å²) in [7, 11) is 1.63. The predicted octanol–water partition coefficient (Wildman–Crippen LogP) is 5.31. The van der Waals surface area contributed by atoms with E-state index in [4.69, 9.17) is 16.3 Å². The molecule has 0 saturated carbocycles. The van der Waals surface area contributed by atoms with Crippen LogP contribution in [0, 0.1) is 6.92 Å². The van der Waals surface area contributed by atoms with Crippen molar-refractivity contribution < 1.29 is 9.53 Å². The van der Waals surface area contributed by atoms with Gasteiger partial charge in [-0.1, -0.05) is 71.9 Å². The predicted molar refractivity (Wildman–Crippen MR) is 135 cm³/mol. The molecule has 7 nitrogen and oxygen atoms in total. The van der Waals surface area contributed by atoms with E-state index in [0.29, 0.717) is 21.7 Å². The van der Waals surface area contributed by atoms with Crippen molar-refractivity contribution in [1.82, 2.24) is 14.9 Å². The zero-order valence-corrected chi connectivity index (χ0v) is 20.1. The maximum atomic E-state index is 13.5. The number of ether oxygens (including phenoxy) is 1. The molecule has 4 aromatic rings. The van der Waals surface area contributed by atoms with Crippen molar-refractivity contribution in [3.05, 3.63) is 88.9 Å². The summed E-state index contributed by atoms with van der Waals surface area (Å²) in [5.74, 6) is 1.28. The summed E-state index contributed by atoms with van der Waals surface area (Å²) < 4.78 is 7.16. The van der Waals surface area contributed by atoms with Gasteiger partial charge in [0.1, 0.15) is 11.0 Å². The number of carbonyl (C=O) groups excluding carboxylic acids is 1. The molecule has 172 valence electrons. The van der Waals surface area contributed by atoms with E-state index < -0.39 is 5.25 Å². The van der Waals surface area contributed by atoms with Crippen LogP contribution in [0.15, 0.2) is 78.0 Å². The van der Waals surface area contributed by atoms with Gasteiger partial charge < -0.3 is 15.5 Å². The minimum absolute atomic E-state index is 0.154. The monoisotopic (exact) mass is 491 g/mol. The molecular weight excluding hydrogens is 470 g/mol. The van der Waals surface area contributed by atoms with Crippen LogP contribution in [0.1, 0.15) is 17.2 Å². The third kappa shape index (κ3) is 4.22. The van der Waals surface area contributed by atoms with Crippen LogP contribution in [0.5, 0.6) is 5.75 Å². The largest absolute Gasteiger partial charge is 0.497 e. The van der Waals surface area contributed by atoms with Crippen LogP contribution in [0.2, 0.25) is 5.02 Å². The van der Waals surface area contributed by atoms with Gasteiger partial charge in [-0.3, -0.25) is 4.79 Å². The molecule has 2 N–H and O–H groups in total. The molecule has 9 heteroatoms. The first-order valence-corrected chi connectivity index (χ1v) is 11.9. The number of nitrogens with zero attached hydrogens (tertiary/aromatic N) is 3. The highest BCUT2D eigenvalue weighted by Gasteiger charge is 2.38. The Labute approximate surface area is 206 Å². The summed E-state index contributed by atoms with van der Waals surface area (Å²) >= 11 is 7.64. The molecule has 1 aromatic heterocycles. The van der Waals surface area contributed by atoms with Gasteiger partial charge in [-0.15, -0.1) is 10.2 Å². The second kappa shape index (κ2) is 9.40. The highest BCUT2D eigenvalue weighted by atomic mass is 35.5. The van der Waals surface area contributed by atoms with Crippen LogP contribution in [0.25, 0.3) is 11.4 Å². The Kier molecular flexibility index (Phi) is 6.17. The lowest BCUT2D eigenvalue weighted by atomic mass is 10.0. The number of hydrogen-bond acceptors (Lipinski definition) is 6. The van der Waals surface area contributed by atoms with Crippen molar-refractivity contribution in [3.8, 4) is 17.1 Å². The Morgan fingerprint density at radius 1 is 1.06 bits per heavy atom. The molecule has 1 amide bonds. The Morgan fingerprint density at radius 2 is 1.82 bits per heavy atom. The lowest BCUT2D eigenvalue weighted by molar-refractivity contribution is -0.116. The van der Waals surface area contributed by atoms with Gasteiger partial charge in [-0.05, 0) is 42.3 Å². The molecule has 1 aliphatic heterocycles. The molecule has 0 unspecified atom stereocenters. The van der Waals surface area contributed by atoms with Gasteiger partial charge in [0.2, 0.25) is 11.1 Å². The van der Waals surface area contributed by atoms with E-state index in [0.717, 1.165) is 22.4 Å². The highest BCUT2D eigenvalue weighted by molar-refractivity contribution is 8.00. The maximum absolute atomic E-state index is 13.5. The number of methoxy groups -OCH3 is 1. The number of rotatable bonds is 5. The first kappa shape index (κ1) is 22.3. The van der Waals surface area contributed by atoms with Gasteiger partial charge in [0, 0.05) is 16.3 Å². The summed E-state index contributed by atoms with van der Waals surface area (Å²) in [5.41, 5.74) is 6.86. The van der Waals surface area contributed by atoms with Crippen molar-refractivity contribution in [2.75, 3.05) is 17.9 Å². The molecule has 1 aliphatic rings. The number of fused-ring (bicyclic) bond motifs is 1. The van der Waals surface area contributed by atoms with Crippen molar-refractivity contribution in [2.45, 2.75) is 23.4 Å². The second-order valence-corrected chi connectivity index (χ2v) is 9.34. The molecule has 0 aliphatic carbocycles. The average molecular weight is 492 g/mol. The molecule has 0 saturated heterocycles. The number of hydrogen-bond donors (Lipinski definition) is 2. The number of aromatic nitrogens is 3. The summed E-state index contributed by atoms with van der Waals surface area (Å²) in [6.07, 6.45) is 0. The normalized spacial score (nSPS) is 16.9. The molecule has 3 aromatic carbocycles. The molecular formula is C25H22ClN5O2S. The molecule has 0 bridgehead atoms. The standard InChI is InChI=1S/C25H22ClN5O2S/c1-15-19(26)9-6-10-20(15)27-24(32)22-21(16-11-13-18(33-2)14-12-16)30-31-23(28-29-25(31)34-22)17-7-4-3-5-8-17/h3-14,21-22,30H,1-2H3,(H,27,32)/t21-,22-/m0/s1. The molecule has 0 fully saturated rings. The first-order chi connectivity index (χ1) is 16.5. The number of thioether (sulfide) groups is 1. The lowest BCUT2D eigenvalue weighted by Gasteiger charge is -2.33. The van der Waals surface area contributed by atoms with E-state index >= 15 is 0 Å². The van der Waals surface area contributed by atoms with Crippen LogP contribution in [0.3, 0.4) is 0 Å². The number of amides is 1. The minimum Gasteiger partial charge on any atom is -0.497 e. The second-order valence-electron chi connectivity index (χ2n) is 7.83. The van der Waals surface area contributed by atoms with Gasteiger partial charge >= 0.3 is 0 Å². The average Bonchev–Trinajstić information content (AvgIpc) is 3.29. The molecule has 2 atom stereocenters. The summed E-state index contributed by atoms with van der Waals surface area (Å²) in [6, 6.07) is 22.6. The fraction of sp³-hybridized carbons (Fsp3) is 0.160. The Balaban J connectivity index is 1.52. The molecule has 0 spiro atoms. The summed E-state index contributed by atoms with van der Waals surface area (Å²) in [4.78, 5) is 13.5. The van der Waals surface area contributed by atoms with Crippen molar-refractivity contribution in [2.24, 2.45) is 0 Å². The topological polar surface area (TPSA) is 81.1 Å². The van der Waals surface area contributed by atoms with Crippen LogP contribution in [0.4, 0.5) is 5.69 Å². The number of halogens is 1. The van der Waals surface area contributed by atoms with Crippen molar-refractivity contribution in [3.63, 3.8) is 0 Å². The number of benzene rings is 3. The van der Waals surface area contributed by atoms with Gasteiger partial charge in [-0.25, -0.2) is 4.68 Å². The van der Waals surface area contributed by atoms with Gasteiger partial charge in [-0.2, -0.15) is 0 Å². The van der Waals surface area contributed by atoms with Crippen molar-refractivity contribution in [1.29, 1.82) is 0 Å². The SMILES string of the molecule is COc1ccc([C@@H]2Nn3c(nnc3-c3ccccc3)S[C@@H]2C(=O)Nc2cccc(Cl)c2C)cc1. The van der Waals surface area contributed by atoms with E-state index in [1.165, 1.54) is 11.8 Å². The number of anilines is 1. The quantitative estimate of drug-likeness (QED) is 0.393. The first-order valence-electron chi connectivity index (χ1n) is 10.7. The van der Waals surface area contributed by atoms with Crippen LogP contribution in [-0.4, -0.2) is 33.1 Å². The van der Waals surface area contributed by atoms with E-state index in [1.54, 1.807) is 13.2 Å². The Morgan fingerprint density at radius 3 is 2.56 bits per heavy atom. The smallest absolute Gasteiger partial charge is 0.240 e. The summed E-state index contributed by atoms with van der Waals surface area (Å²) in [6.45, 7) is 1.88. The fourth-order valence-electron chi connectivity index (χ4n) is 3.84. The zero-order valence-electron chi connectivity index (χ0n) is 18.5. The lowest BCUT2D eigenvalue weighted by Crippen LogP contribution is -2.41. The Bertz CT molecular complexity index is 1330. The van der Waals surface area contributed by atoms with Gasteiger partial charge in [0.05, 0.1) is 13.2 Å². The van der Waals surface area contributed by atoms with Crippen molar-refractivity contribution >= 4 is 35.0 Å². The third-order valence-corrected chi connectivity index (χ3v) is 7.35. The summed E-state index contributed by atoms with van der Waals surface area (Å²) in [5, 5.41) is 12.5.